The maximum atomic E-state index is 10.1. The van der Waals surface area contributed by atoms with E-state index in [4.69, 9.17) is 10.2 Å². The summed E-state index contributed by atoms with van der Waals surface area (Å²) in [6.45, 7) is 2.65. The van der Waals surface area contributed by atoms with Gasteiger partial charge in [0.05, 0.1) is 6.10 Å². The molecule has 0 aromatic rings. The largest absolute Gasteiger partial charge is 0.465 e. The van der Waals surface area contributed by atoms with Crippen LogP contribution in [0.15, 0.2) is 0 Å². The Kier molecular flexibility index (Phi) is 3.31. The van der Waals surface area contributed by atoms with Crippen LogP contribution in [0.1, 0.15) is 6.42 Å². The Morgan fingerprint density at radius 1 is 1.67 bits per heavy atom. The van der Waals surface area contributed by atoms with E-state index < -0.39 is 6.09 Å². The second-order valence-electron chi connectivity index (χ2n) is 2.98. The molecule has 1 aliphatic heterocycles. The van der Waals surface area contributed by atoms with Crippen molar-refractivity contribution in [2.45, 2.75) is 12.5 Å². The molecule has 0 spiro atoms. The molecule has 1 fully saturated rings. The lowest BCUT2D eigenvalue weighted by Crippen LogP contribution is -2.33. The zero-order valence-corrected chi connectivity index (χ0v) is 6.86. The predicted molar refractivity (Wildman–Crippen MR) is 43.1 cm³/mol. The van der Waals surface area contributed by atoms with Crippen LogP contribution in [0.2, 0.25) is 0 Å². The van der Waals surface area contributed by atoms with Gasteiger partial charge in [-0.05, 0) is 6.42 Å². The van der Waals surface area contributed by atoms with Crippen LogP contribution in [0.25, 0.3) is 0 Å². The molecule has 70 valence electrons. The molecule has 0 bridgehead atoms. The lowest BCUT2D eigenvalue weighted by Gasteiger charge is -2.13. The Labute approximate surface area is 71.0 Å². The minimum Gasteiger partial charge on any atom is -0.465 e. The van der Waals surface area contributed by atoms with Gasteiger partial charge in [-0.3, -0.25) is 4.90 Å². The molecule has 1 rings (SSSR count). The molecular weight excluding hydrogens is 160 g/mol. The SMILES string of the molecule is O=C(O)NCCN1CC[C@@H](O)C1. The summed E-state index contributed by atoms with van der Waals surface area (Å²) in [5.41, 5.74) is 0. The lowest BCUT2D eigenvalue weighted by atomic mass is 10.3. The fourth-order valence-corrected chi connectivity index (χ4v) is 1.34. The van der Waals surface area contributed by atoms with Crippen LogP contribution in [0.4, 0.5) is 4.79 Å². The van der Waals surface area contributed by atoms with E-state index >= 15 is 0 Å². The summed E-state index contributed by atoms with van der Waals surface area (Å²) < 4.78 is 0. The zero-order chi connectivity index (χ0) is 8.97. The number of carbonyl (C=O) groups is 1. The molecule has 0 aromatic heterocycles. The van der Waals surface area contributed by atoms with Gasteiger partial charge in [0.25, 0.3) is 0 Å². The van der Waals surface area contributed by atoms with Crippen molar-refractivity contribution < 1.29 is 15.0 Å². The van der Waals surface area contributed by atoms with Crippen molar-refractivity contribution in [2.75, 3.05) is 26.2 Å². The van der Waals surface area contributed by atoms with E-state index in [0.29, 0.717) is 19.6 Å². The van der Waals surface area contributed by atoms with Crippen molar-refractivity contribution in [1.82, 2.24) is 10.2 Å². The Morgan fingerprint density at radius 3 is 2.92 bits per heavy atom. The highest BCUT2D eigenvalue weighted by Gasteiger charge is 2.19. The van der Waals surface area contributed by atoms with Crippen molar-refractivity contribution in [3.05, 3.63) is 0 Å². The lowest BCUT2D eigenvalue weighted by molar-refractivity contribution is 0.174. The number of aliphatic hydroxyl groups is 1. The van der Waals surface area contributed by atoms with Crippen molar-refractivity contribution in [3.63, 3.8) is 0 Å². The Bertz CT molecular complexity index is 163. The molecule has 0 radical (unpaired) electrons. The Balaban J connectivity index is 2.04. The van der Waals surface area contributed by atoms with Crippen LogP contribution in [0.3, 0.4) is 0 Å². The fourth-order valence-electron chi connectivity index (χ4n) is 1.34. The number of hydrogen-bond donors (Lipinski definition) is 3. The van der Waals surface area contributed by atoms with E-state index in [-0.39, 0.29) is 6.10 Å². The molecule has 0 aliphatic carbocycles. The summed E-state index contributed by atoms with van der Waals surface area (Å²) in [6, 6.07) is 0. The number of β-amino-alcohol motifs (C(OH)–C–C–N with tert-alkyl or cyclic N) is 1. The van der Waals surface area contributed by atoms with E-state index in [1.165, 1.54) is 0 Å². The third-order valence-electron chi connectivity index (χ3n) is 1.95. The van der Waals surface area contributed by atoms with Gasteiger partial charge in [0.2, 0.25) is 0 Å². The van der Waals surface area contributed by atoms with Crippen LogP contribution < -0.4 is 5.32 Å². The fraction of sp³-hybridized carbons (Fsp3) is 0.857. The third kappa shape index (κ3) is 3.06. The number of likely N-dealkylation sites (tertiary alicyclic amines) is 1. The molecule has 5 nitrogen and oxygen atoms in total. The summed E-state index contributed by atoms with van der Waals surface area (Å²) in [4.78, 5) is 12.1. The number of hydrogen-bond acceptors (Lipinski definition) is 3. The molecular formula is C7H14N2O3. The van der Waals surface area contributed by atoms with Crippen molar-refractivity contribution in [2.24, 2.45) is 0 Å². The van der Waals surface area contributed by atoms with Crippen LogP contribution in [0, 0.1) is 0 Å². The molecule has 5 heteroatoms. The van der Waals surface area contributed by atoms with Crippen LogP contribution >= 0.6 is 0 Å². The van der Waals surface area contributed by atoms with Gasteiger partial charge < -0.3 is 15.5 Å². The zero-order valence-electron chi connectivity index (χ0n) is 6.86. The number of carboxylic acid groups (broad SMARTS) is 1. The van der Waals surface area contributed by atoms with Gasteiger partial charge in [0.15, 0.2) is 0 Å². The van der Waals surface area contributed by atoms with Gasteiger partial charge >= 0.3 is 6.09 Å². The van der Waals surface area contributed by atoms with Crippen LogP contribution in [0.5, 0.6) is 0 Å². The first-order valence-corrected chi connectivity index (χ1v) is 4.05. The second-order valence-corrected chi connectivity index (χ2v) is 2.98. The standard InChI is InChI=1S/C7H14N2O3/c10-6-1-3-9(5-6)4-2-8-7(11)12/h6,8,10H,1-5H2,(H,11,12)/t6-/m1/s1. The number of amides is 1. The van der Waals surface area contributed by atoms with Crippen LogP contribution in [-0.4, -0.2) is 53.5 Å². The van der Waals surface area contributed by atoms with Crippen molar-refractivity contribution in [1.29, 1.82) is 0 Å². The summed E-state index contributed by atoms with van der Waals surface area (Å²) >= 11 is 0. The molecule has 0 unspecified atom stereocenters. The normalized spacial score (nSPS) is 24.2. The highest BCUT2D eigenvalue weighted by Crippen LogP contribution is 2.06. The summed E-state index contributed by atoms with van der Waals surface area (Å²) in [7, 11) is 0. The molecule has 1 heterocycles. The average molecular weight is 174 g/mol. The van der Waals surface area contributed by atoms with Gasteiger partial charge in [-0.1, -0.05) is 0 Å². The third-order valence-corrected chi connectivity index (χ3v) is 1.95. The van der Waals surface area contributed by atoms with E-state index in [2.05, 4.69) is 5.32 Å². The first-order chi connectivity index (χ1) is 5.68. The highest BCUT2D eigenvalue weighted by molar-refractivity contribution is 5.64. The summed E-state index contributed by atoms with van der Waals surface area (Å²) in [6.07, 6.45) is -0.419. The minimum atomic E-state index is -0.991. The smallest absolute Gasteiger partial charge is 0.404 e. The van der Waals surface area contributed by atoms with Gasteiger partial charge in [-0.2, -0.15) is 0 Å². The second kappa shape index (κ2) is 4.27. The maximum Gasteiger partial charge on any atom is 0.404 e. The molecule has 1 atom stereocenters. The van der Waals surface area contributed by atoms with Crippen molar-refractivity contribution >= 4 is 6.09 Å². The van der Waals surface area contributed by atoms with E-state index in [9.17, 15) is 4.79 Å². The molecule has 12 heavy (non-hydrogen) atoms. The summed E-state index contributed by atoms with van der Waals surface area (Å²) in [5.74, 6) is 0. The summed E-state index contributed by atoms with van der Waals surface area (Å²) in [5, 5.41) is 19.7. The van der Waals surface area contributed by atoms with Gasteiger partial charge in [0, 0.05) is 26.2 Å². The molecule has 3 N–H and O–H groups in total. The van der Waals surface area contributed by atoms with Gasteiger partial charge in [-0.15, -0.1) is 0 Å². The van der Waals surface area contributed by atoms with Gasteiger partial charge in [-0.25, -0.2) is 4.79 Å². The maximum absolute atomic E-state index is 10.1. The number of rotatable bonds is 3. The molecule has 1 amide bonds. The van der Waals surface area contributed by atoms with E-state index in [1.54, 1.807) is 0 Å². The number of nitrogens with zero attached hydrogens (tertiary/aromatic N) is 1. The topological polar surface area (TPSA) is 72.8 Å². The van der Waals surface area contributed by atoms with E-state index in [1.807, 2.05) is 4.90 Å². The van der Waals surface area contributed by atoms with Crippen molar-refractivity contribution in [3.8, 4) is 0 Å². The molecule has 1 aliphatic rings. The quantitative estimate of drug-likeness (QED) is 0.530. The number of nitrogens with one attached hydrogen (secondary N) is 1. The first-order valence-electron chi connectivity index (χ1n) is 4.05. The molecule has 1 saturated heterocycles. The van der Waals surface area contributed by atoms with Crippen LogP contribution in [-0.2, 0) is 0 Å². The average Bonchev–Trinajstić information content (AvgIpc) is 2.35. The monoisotopic (exact) mass is 174 g/mol. The Morgan fingerprint density at radius 2 is 2.42 bits per heavy atom. The molecule has 0 aromatic carbocycles. The minimum absolute atomic E-state index is 0.227. The molecule has 0 saturated carbocycles. The predicted octanol–water partition coefficient (Wildman–Crippen LogP) is -0.679. The Hall–Kier alpha value is -0.810. The van der Waals surface area contributed by atoms with E-state index in [0.717, 1.165) is 13.0 Å². The van der Waals surface area contributed by atoms with Gasteiger partial charge in [0.1, 0.15) is 0 Å². The highest BCUT2D eigenvalue weighted by atomic mass is 16.4. The number of aliphatic hydroxyl groups excluding tert-OH is 1. The first kappa shape index (κ1) is 9.28.